The summed E-state index contributed by atoms with van der Waals surface area (Å²) in [5, 5.41) is 2.99. The van der Waals surface area contributed by atoms with Crippen LogP contribution in [-0.2, 0) is 11.2 Å². The lowest BCUT2D eigenvalue weighted by atomic mass is 10.1. The zero-order chi connectivity index (χ0) is 21.9. The number of amides is 1. The average Bonchev–Trinajstić information content (AvgIpc) is 3.53. The summed E-state index contributed by atoms with van der Waals surface area (Å²) in [6, 6.07) is 17.4. The molecule has 0 fully saturated rings. The Bertz CT molecular complexity index is 1290. The van der Waals surface area contributed by atoms with E-state index in [1.807, 2.05) is 24.3 Å². The second-order valence-corrected chi connectivity index (χ2v) is 7.80. The highest BCUT2D eigenvalue weighted by Crippen LogP contribution is 2.31. The van der Waals surface area contributed by atoms with Crippen molar-refractivity contribution < 1.29 is 13.9 Å². The van der Waals surface area contributed by atoms with Gasteiger partial charge < -0.3 is 14.5 Å². The fourth-order valence-electron chi connectivity index (χ4n) is 3.71. The third-order valence-corrected chi connectivity index (χ3v) is 5.44. The Morgan fingerprint density at radius 1 is 1.03 bits per heavy atom. The topological polar surface area (TPSA) is 77.2 Å². The maximum atomic E-state index is 12.7. The van der Waals surface area contributed by atoms with Crippen LogP contribution >= 0.6 is 0 Å². The summed E-state index contributed by atoms with van der Waals surface area (Å²) < 4.78 is 11.3. The SMILES string of the molecule is Cc1ccc(CCNC(=O)c2ccc3nc(C4=CCCO4)c(-c4ccco4)nc3c2)cc1. The van der Waals surface area contributed by atoms with Crippen molar-refractivity contribution in [3.63, 3.8) is 0 Å². The molecule has 4 aromatic rings. The predicted octanol–water partition coefficient (Wildman–Crippen LogP) is 4.93. The van der Waals surface area contributed by atoms with Gasteiger partial charge in [-0.25, -0.2) is 9.97 Å². The largest absolute Gasteiger partial charge is 0.491 e. The number of furan rings is 1. The van der Waals surface area contributed by atoms with Crippen molar-refractivity contribution in [3.8, 4) is 11.5 Å². The Morgan fingerprint density at radius 3 is 2.62 bits per heavy atom. The van der Waals surface area contributed by atoms with Gasteiger partial charge in [-0.2, -0.15) is 0 Å². The van der Waals surface area contributed by atoms with Crippen molar-refractivity contribution >= 4 is 22.7 Å². The molecule has 32 heavy (non-hydrogen) atoms. The Hall–Kier alpha value is -3.93. The van der Waals surface area contributed by atoms with Crippen LogP contribution in [0.5, 0.6) is 0 Å². The molecule has 5 rings (SSSR count). The first-order valence-electron chi connectivity index (χ1n) is 10.7. The molecule has 0 bridgehead atoms. The quantitative estimate of drug-likeness (QED) is 0.474. The molecule has 0 radical (unpaired) electrons. The highest BCUT2D eigenvalue weighted by molar-refractivity contribution is 5.97. The van der Waals surface area contributed by atoms with Crippen molar-refractivity contribution in [2.24, 2.45) is 0 Å². The monoisotopic (exact) mass is 425 g/mol. The molecular formula is C26H23N3O3. The van der Waals surface area contributed by atoms with E-state index < -0.39 is 0 Å². The van der Waals surface area contributed by atoms with Gasteiger partial charge in [0, 0.05) is 18.5 Å². The number of nitrogens with zero attached hydrogens (tertiary/aromatic N) is 2. The average molecular weight is 425 g/mol. The van der Waals surface area contributed by atoms with Gasteiger partial charge in [0.1, 0.15) is 17.1 Å². The minimum atomic E-state index is -0.133. The lowest BCUT2D eigenvalue weighted by Crippen LogP contribution is -2.25. The molecule has 0 aliphatic carbocycles. The molecule has 2 aromatic carbocycles. The van der Waals surface area contributed by atoms with E-state index in [0.717, 1.165) is 12.8 Å². The van der Waals surface area contributed by atoms with Gasteiger partial charge >= 0.3 is 0 Å². The zero-order valence-corrected chi connectivity index (χ0v) is 17.8. The first-order chi connectivity index (χ1) is 15.7. The van der Waals surface area contributed by atoms with Gasteiger partial charge in [0.2, 0.25) is 0 Å². The van der Waals surface area contributed by atoms with E-state index in [-0.39, 0.29) is 5.91 Å². The van der Waals surface area contributed by atoms with Gasteiger partial charge in [0.25, 0.3) is 5.91 Å². The fourth-order valence-corrected chi connectivity index (χ4v) is 3.71. The van der Waals surface area contributed by atoms with Crippen molar-refractivity contribution in [2.75, 3.05) is 13.2 Å². The van der Waals surface area contributed by atoms with E-state index in [1.165, 1.54) is 11.1 Å². The molecule has 0 unspecified atom stereocenters. The third-order valence-electron chi connectivity index (χ3n) is 5.44. The van der Waals surface area contributed by atoms with E-state index in [1.54, 1.807) is 18.4 Å². The highest BCUT2D eigenvalue weighted by Gasteiger charge is 2.20. The number of nitrogens with one attached hydrogen (secondary N) is 1. The number of fused-ring (bicyclic) bond motifs is 1. The molecule has 6 nitrogen and oxygen atoms in total. The summed E-state index contributed by atoms with van der Waals surface area (Å²) in [4.78, 5) is 22.3. The maximum absolute atomic E-state index is 12.7. The van der Waals surface area contributed by atoms with Crippen LogP contribution < -0.4 is 5.32 Å². The molecule has 0 spiro atoms. The van der Waals surface area contributed by atoms with E-state index in [2.05, 4.69) is 36.5 Å². The number of benzene rings is 2. The minimum absolute atomic E-state index is 0.133. The van der Waals surface area contributed by atoms with Crippen molar-refractivity contribution in [1.29, 1.82) is 0 Å². The second-order valence-electron chi connectivity index (χ2n) is 7.80. The number of carbonyl (C=O) groups is 1. The number of ether oxygens (including phenoxy) is 1. The third kappa shape index (κ3) is 4.12. The Labute approximate surface area is 186 Å². The second kappa shape index (κ2) is 8.67. The van der Waals surface area contributed by atoms with Crippen molar-refractivity contribution in [1.82, 2.24) is 15.3 Å². The predicted molar refractivity (Wildman–Crippen MR) is 123 cm³/mol. The number of carbonyl (C=O) groups excluding carboxylic acids is 1. The van der Waals surface area contributed by atoms with E-state index >= 15 is 0 Å². The molecule has 2 aromatic heterocycles. The van der Waals surface area contributed by atoms with Crippen LogP contribution in [0, 0.1) is 6.92 Å². The zero-order valence-electron chi connectivity index (χ0n) is 17.8. The Balaban J connectivity index is 1.39. The molecule has 1 aliphatic heterocycles. The molecule has 0 saturated carbocycles. The highest BCUT2D eigenvalue weighted by atomic mass is 16.5. The molecular weight excluding hydrogens is 402 g/mol. The van der Waals surface area contributed by atoms with Gasteiger partial charge in [-0.1, -0.05) is 29.8 Å². The number of aromatic nitrogens is 2. The van der Waals surface area contributed by atoms with Crippen LogP contribution in [0.25, 0.3) is 28.2 Å². The van der Waals surface area contributed by atoms with Crippen LogP contribution in [0.3, 0.4) is 0 Å². The van der Waals surface area contributed by atoms with E-state index in [0.29, 0.717) is 52.7 Å². The summed E-state index contributed by atoms with van der Waals surface area (Å²) >= 11 is 0. The van der Waals surface area contributed by atoms with Gasteiger partial charge in [0.05, 0.1) is 23.9 Å². The van der Waals surface area contributed by atoms with Crippen molar-refractivity contribution in [3.05, 3.63) is 89.3 Å². The molecule has 3 heterocycles. The van der Waals surface area contributed by atoms with Crippen LogP contribution in [0.15, 0.2) is 71.4 Å². The van der Waals surface area contributed by atoms with E-state index in [4.69, 9.17) is 19.1 Å². The molecule has 160 valence electrons. The number of rotatable bonds is 6. The molecule has 0 saturated heterocycles. The summed E-state index contributed by atoms with van der Waals surface area (Å²) in [5.74, 6) is 1.19. The molecule has 6 heteroatoms. The summed E-state index contributed by atoms with van der Waals surface area (Å²) in [7, 11) is 0. The standard InChI is InChI=1S/C26H23N3O3/c1-17-6-8-18(9-7-17)12-13-27-26(30)19-10-11-20-21(16-19)29-25(23-5-3-15-32-23)24(28-20)22-4-2-14-31-22/h3-11,15-16H,2,12-14H2,1H3,(H,27,30). The molecule has 1 aliphatic rings. The fraction of sp³-hybridized carbons (Fsp3) is 0.192. The van der Waals surface area contributed by atoms with Gasteiger partial charge in [0.15, 0.2) is 5.76 Å². The summed E-state index contributed by atoms with van der Waals surface area (Å²) in [6.45, 7) is 3.26. The van der Waals surface area contributed by atoms with E-state index in [9.17, 15) is 4.79 Å². The van der Waals surface area contributed by atoms with Crippen LogP contribution in [-0.4, -0.2) is 29.0 Å². The first kappa shape index (κ1) is 20.0. The number of aryl methyl sites for hydroxylation is 1. The summed E-state index contributed by atoms with van der Waals surface area (Å²) in [6.07, 6.45) is 5.24. The molecule has 1 amide bonds. The Morgan fingerprint density at radius 2 is 1.88 bits per heavy atom. The van der Waals surface area contributed by atoms with Crippen LogP contribution in [0.4, 0.5) is 0 Å². The van der Waals surface area contributed by atoms with Gasteiger partial charge in [-0.15, -0.1) is 0 Å². The van der Waals surface area contributed by atoms with Crippen LogP contribution in [0.1, 0.15) is 33.6 Å². The molecule has 0 atom stereocenters. The Kier molecular flexibility index (Phi) is 5.42. The maximum Gasteiger partial charge on any atom is 0.251 e. The van der Waals surface area contributed by atoms with Gasteiger partial charge in [-0.3, -0.25) is 4.79 Å². The smallest absolute Gasteiger partial charge is 0.251 e. The van der Waals surface area contributed by atoms with Gasteiger partial charge in [-0.05, 0) is 55.3 Å². The lowest BCUT2D eigenvalue weighted by molar-refractivity contribution is 0.0954. The molecule has 1 N–H and O–H groups in total. The van der Waals surface area contributed by atoms with Crippen molar-refractivity contribution in [2.45, 2.75) is 19.8 Å². The number of hydrogen-bond acceptors (Lipinski definition) is 5. The normalized spacial score (nSPS) is 13.1. The number of hydrogen-bond donors (Lipinski definition) is 1. The summed E-state index contributed by atoms with van der Waals surface area (Å²) in [5.41, 5.74) is 5.55. The minimum Gasteiger partial charge on any atom is -0.491 e. The lowest BCUT2D eigenvalue weighted by Gasteiger charge is -2.11. The van der Waals surface area contributed by atoms with Crippen LogP contribution in [0.2, 0.25) is 0 Å². The first-order valence-corrected chi connectivity index (χ1v) is 10.7.